The average molecular weight is 363 g/mol. The number of nitrogens with zero attached hydrogens (tertiary/aromatic N) is 3. The Morgan fingerprint density at radius 2 is 1.82 bits per heavy atom. The van der Waals surface area contributed by atoms with E-state index < -0.39 is 12.2 Å². The van der Waals surface area contributed by atoms with E-state index in [9.17, 15) is 27.4 Å². The molecule has 17 heavy (non-hydrogen) atoms. The second kappa shape index (κ2) is 6.33. The molecule has 0 bridgehead atoms. The third kappa shape index (κ3) is 7.44. The molecule has 0 fully saturated rings. The van der Waals surface area contributed by atoms with Crippen LogP contribution in [0.3, 0.4) is 0 Å². The van der Waals surface area contributed by atoms with Crippen LogP contribution in [0.2, 0.25) is 0 Å². The van der Waals surface area contributed by atoms with Gasteiger partial charge >= 0.3 is 18.6 Å². The summed E-state index contributed by atoms with van der Waals surface area (Å²) in [6.07, 6.45) is 0. The summed E-state index contributed by atoms with van der Waals surface area (Å²) in [6.45, 7) is 0. The van der Waals surface area contributed by atoms with Crippen molar-refractivity contribution in [2.24, 2.45) is 0 Å². The van der Waals surface area contributed by atoms with E-state index in [2.05, 4.69) is 4.98 Å². The highest BCUT2D eigenvalue weighted by Crippen LogP contribution is 2.28. The molecule has 1 aromatic carbocycles. The largest absolute Gasteiger partial charge is 0.673 e. The third-order valence-electron chi connectivity index (χ3n) is 1.24. The molecule has 0 saturated carbocycles. The lowest BCUT2D eigenvalue weighted by atomic mass is 10.3. The van der Waals surface area contributed by atoms with Crippen molar-refractivity contribution < 1.29 is 22.2 Å². The number of rotatable bonds is 1. The van der Waals surface area contributed by atoms with Crippen molar-refractivity contribution in [3.8, 4) is 0 Å². The molecule has 0 spiro atoms. The van der Waals surface area contributed by atoms with E-state index in [1.165, 1.54) is 12.1 Å². The lowest BCUT2D eigenvalue weighted by Crippen LogP contribution is -2.02. The van der Waals surface area contributed by atoms with Crippen LogP contribution in [0.25, 0.3) is 4.98 Å². The van der Waals surface area contributed by atoms with Gasteiger partial charge in [0.05, 0.1) is 4.92 Å². The summed E-state index contributed by atoms with van der Waals surface area (Å²) < 4.78 is 39.7. The van der Waals surface area contributed by atoms with Gasteiger partial charge in [0.1, 0.15) is 0 Å². The minimum atomic E-state index is -6.00. The van der Waals surface area contributed by atoms with Gasteiger partial charge < -0.3 is 17.3 Å². The second-order valence-electron chi connectivity index (χ2n) is 2.49. The monoisotopic (exact) mass is 363 g/mol. The first-order chi connectivity index (χ1) is 7.65. The first kappa shape index (κ1) is 15.6. The maximum absolute atomic E-state index is 10.4. The third-order valence-corrected chi connectivity index (χ3v) is 1.91. The fraction of sp³-hybridized carbons (Fsp3) is 0. The second-order valence-corrected chi connectivity index (χ2v) is 3.73. The van der Waals surface area contributed by atoms with Crippen LogP contribution in [0.5, 0.6) is 0 Å². The Kier molecular flexibility index (Phi) is 5.79. The van der Waals surface area contributed by atoms with E-state index in [-0.39, 0.29) is 11.4 Å². The summed E-state index contributed by atoms with van der Waals surface area (Å²) in [5.41, 5.74) is -0.218. The molecule has 11 heteroatoms. The van der Waals surface area contributed by atoms with Crippen LogP contribution in [0.15, 0.2) is 18.2 Å². The first-order valence-electron chi connectivity index (χ1n) is 3.81. The molecule has 5 nitrogen and oxygen atoms in total. The fourth-order valence-electron chi connectivity index (χ4n) is 0.727. The molecule has 0 aliphatic carbocycles. The highest BCUT2D eigenvalue weighted by Gasteiger charge is 2.23. The number of nitro benzene ring substituents is 1. The molecule has 1 rings (SSSR count). The van der Waals surface area contributed by atoms with Gasteiger partial charge in [-0.05, 0) is 28.7 Å². The van der Waals surface area contributed by atoms with E-state index in [0.29, 0.717) is 0 Å². The Morgan fingerprint density at radius 1 is 1.35 bits per heavy atom. The van der Waals surface area contributed by atoms with E-state index in [1.807, 2.05) is 22.6 Å². The van der Waals surface area contributed by atoms with Gasteiger partial charge in [-0.2, -0.15) is 0 Å². The van der Waals surface area contributed by atoms with Crippen molar-refractivity contribution in [2.75, 3.05) is 0 Å². The minimum absolute atomic E-state index is 0.0274. The summed E-state index contributed by atoms with van der Waals surface area (Å²) in [5.74, 6) is 0. The lowest BCUT2D eigenvalue weighted by molar-refractivity contribution is -0.383. The Morgan fingerprint density at radius 3 is 2.18 bits per heavy atom. The molecule has 92 valence electrons. The molecule has 1 aromatic rings. The first-order valence-corrected chi connectivity index (χ1v) is 4.89. The Hall–Kier alpha value is -1.45. The topological polar surface area (TPSA) is 71.3 Å². The molecule has 0 aliphatic rings. The van der Waals surface area contributed by atoms with Crippen molar-refractivity contribution in [3.05, 3.63) is 36.9 Å². The van der Waals surface area contributed by atoms with E-state index in [0.717, 1.165) is 3.57 Å². The van der Waals surface area contributed by atoms with Gasteiger partial charge in [0.25, 0.3) is 0 Å². The SMILES string of the molecule is F[B-](F)(F)F.N#[N+]c1ccc(I)cc1[N+](=O)[O-]. The van der Waals surface area contributed by atoms with Gasteiger partial charge in [-0.15, -0.1) is 0 Å². The maximum atomic E-state index is 10.4. The van der Waals surface area contributed by atoms with Crippen LogP contribution in [-0.4, -0.2) is 12.2 Å². The summed E-state index contributed by atoms with van der Waals surface area (Å²) >= 11 is 1.94. The number of hydrogen-bond donors (Lipinski definition) is 0. The summed E-state index contributed by atoms with van der Waals surface area (Å²) in [4.78, 5) is 12.6. The van der Waals surface area contributed by atoms with Gasteiger partial charge in [-0.3, -0.25) is 10.1 Å². The van der Waals surface area contributed by atoms with Gasteiger partial charge in [-0.1, -0.05) is 0 Å². The van der Waals surface area contributed by atoms with Gasteiger partial charge in [0.2, 0.25) is 5.39 Å². The Balaban J connectivity index is 0.000000437. The summed E-state index contributed by atoms with van der Waals surface area (Å²) in [6, 6.07) is 4.36. The molecular weight excluding hydrogens is 360 g/mol. The molecule has 0 radical (unpaired) electrons. The highest BCUT2D eigenvalue weighted by atomic mass is 127. The zero-order chi connectivity index (χ0) is 13.6. The quantitative estimate of drug-likeness (QED) is 0.189. The van der Waals surface area contributed by atoms with Gasteiger partial charge in [-0.25, -0.2) is 0 Å². The predicted octanol–water partition coefficient (Wildman–Crippen LogP) is 3.98. The van der Waals surface area contributed by atoms with Crippen LogP contribution in [-0.2, 0) is 0 Å². The minimum Gasteiger partial charge on any atom is -0.418 e. The maximum Gasteiger partial charge on any atom is 0.673 e. The summed E-state index contributed by atoms with van der Waals surface area (Å²) in [5, 5.41) is 18.7. The van der Waals surface area contributed by atoms with Crippen LogP contribution < -0.4 is 0 Å². The molecular formula is C6H3BF4IN3O2. The van der Waals surface area contributed by atoms with Crippen molar-refractivity contribution in [1.82, 2.24) is 0 Å². The van der Waals surface area contributed by atoms with E-state index >= 15 is 0 Å². The number of nitro groups is 1. The Labute approximate surface area is 106 Å². The van der Waals surface area contributed by atoms with Gasteiger partial charge in [0.15, 0.2) is 4.98 Å². The predicted molar refractivity (Wildman–Crippen MR) is 60.7 cm³/mol. The highest BCUT2D eigenvalue weighted by molar-refractivity contribution is 14.1. The average Bonchev–Trinajstić information content (AvgIpc) is 2.15. The molecule has 0 amide bonds. The number of halogens is 5. The molecule has 0 atom stereocenters. The van der Waals surface area contributed by atoms with Crippen molar-refractivity contribution in [2.45, 2.75) is 0 Å². The smallest absolute Gasteiger partial charge is 0.418 e. The van der Waals surface area contributed by atoms with Crippen LogP contribution in [0, 0.1) is 19.1 Å². The molecule has 0 unspecified atom stereocenters. The normalized spacial score (nSPS) is 9.88. The van der Waals surface area contributed by atoms with Crippen molar-refractivity contribution >= 4 is 41.2 Å². The standard InChI is InChI=1S/C6H3IN3O2.BF4/c7-4-1-2-5(9-8)6(3-4)10(11)12;2-1(3,4)5/h1-3H;/q+1;-1. The molecule has 0 N–H and O–H groups in total. The molecule has 0 saturated heterocycles. The number of benzene rings is 1. The number of hydrogen-bond acceptors (Lipinski definition) is 3. The van der Waals surface area contributed by atoms with Crippen molar-refractivity contribution in [3.63, 3.8) is 0 Å². The van der Waals surface area contributed by atoms with Crippen LogP contribution in [0.1, 0.15) is 0 Å². The van der Waals surface area contributed by atoms with Crippen LogP contribution >= 0.6 is 22.6 Å². The lowest BCUT2D eigenvalue weighted by Gasteiger charge is -1.94. The van der Waals surface area contributed by atoms with Crippen LogP contribution in [0.4, 0.5) is 28.6 Å². The summed E-state index contributed by atoms with van der Waals surface area (Å²) in [7, 11) is -6.00. The van der Waals surface area contributed by atoms with Crippen molar-refractivity contribution in [1.29, 1.82) is 5.39 Å². The number of diazo groups is 1. The van der Waals surface area contributed by atoms with Gasteiger partial charge in [0, 0.05) is 15.7 Å². The molecule has 0 aliphatic heterocycles. The molecule has 0 aromatic heterocycles. The Bertz CT molecular complexity index is 456. The fourth-order valence-corrected chi connectivity index (χ4v) is 1.20. The zero-order valence-electron chi connectivity index (χ0n) is 7.86. The van der Waals surface area contributed by atoms with E-state index in [4.69, 9.17) is 5.39 Å². The van der Waals surface area contributed by atoms with E-state index in [1.54, 1.807) is 6.07 Å². The zero-order valence-corrected chi connectivity index (χ0v) is 10.0. The molecule has 0 heterocycles.